The van der Waals surface area contributed by atoms with E-state index in [0.29, 0.717) is 0 Å². The van der Waals surface area contributed by atoms with Crippen molar-refractivity contribution in [3.05, 3.63) is 0 Å². The monoisotopic (exact) mass is 930 g/mol. The Hall–Kier alpha value is -0.200. The third-order valence-corrected chi connectivity index (χ3v) is 15.5. The Bertz CT molecular complexity index is 853. The zero-order valence-electron chi connectivity index (χ0n) is 46.8. The van der Waals surface area contributed by atoms with Gasteiger partial charge in [-0.1, -0.05) is 259 Å². The summed E-state index contributed by atoms with van der Waals surface area (Å²) in [7, 11) is 0. The lowest BCUT2D eigenvalue weighted by molar-refractivity contribution is 0.110. The summed E-state index contributed by atoms with van der Waals surface area (Å²) >= 11 is 0. The van der Waals surface area contributed by atoms with Gasteiger partial charge in [-0.3, -0.25) is 4.90 Å². The van der Waals surface area contributed by atoms with Crippen LogP contribution < -0.4 is 0 Å². The molecule has 1 fully saturated rings. The Labute approximate surface area is 418 Å². The lowest BCUT2D eigenvalue weighted by Crippen LogP contribution is -2.49. The van der Waals surface area contributed by atoms with Crippen LogP contribution in [0.25, 0.3) is 0 Å². The van der Waals surface area contributed by atoms with Gasteiger partial charge in [-0.05, 0) is 84.3 Å². The zero-order valence-corrected chi connectivity index (χ0v) is 46.8. The van der Waals surface area contributed by atoms with Crippen molar-refractivity contribution in [1.29, 1.82) is 0 Å². The maximum atomic E-state index is 2.91. The molecular formula is C61H127N5. The molecule has 5 heteroatoms. The lowest BCUT2D eigenvalue weighted by Gasteiger charge is -2.36. The van der Waals surface area contributed by atoms with Crippen molar-refractivity contribution in [1.82, 2.24) is 24.5 Å². The molecule has 0 aliphatic carbocycles. The first kappa shape index (κ1) is 63.8. The molecule has 0 spiro atoms. The number of hydrogen-bond donors (Lipinski definition) is 0. The fraction of sp³-hybridized carbons (Fsp3) is 1.00. The molecular weight excluding hydrogens is 803 g/mol. The maximum absolute atomic E-state index is 2.91. The van der Waals surface area contributed by atoms with E-state index in [1.165, 1.54) is 361 Å². The van der Waals surface area contributed by atoms with Crippen molar-refractivity contribution < 1.29 is 0 Å². The molecule has 0 saturated carbocycles. The minimum absolute atomic E-state index is 1.27. The largest absolute Gasteiger partial charge is 0.303 e. The normalized spacial score (nSPS) is 14.0. The second kappa shape index (κ2) is 52.6. The van der Waals surface area contributed by atoms with Crippen LogP contribution in [0.4, 0.5) is 0 Å². The van der Waals surface area contributed by atoms with Crippen LogP contribution in [0.15, 0.2) is 0 Å². The summed E-state index contributed by atoms with van der Waals surface area (Å²) in [6.45, 7) is 31.1. The fourth-order valence-electron chi connectivity index (χ4n) is 10.7. The molecule has 0 atom stereocenters. The predicted octanol–water partition coefficient (Wildman–Crippen LogP) is 17.6. The lowest BCUT2D eigenvalue weighted by atomic mass is 10.1. The summed E-state index contributed by atoms with van der Waals surface area (Å²) in [4.78, 5) is 14.3. The minimum Gasteiger partial charge on any atom is -0.303 e. The third kappa shape index (κ3) is 43.8. The van der Waals surface area contributed by atoms with E-state index < -0.39 is 0 Å². The van der Waals surface area contributed by atoms with Gasteiger partial charge in [0.25, 0.3) is 0 Å². The molecule has 0 aromatic carbocycles. The molecule has 5 nitrogen and oxygen atoms in total. The highest BCUT2D eigenvalue weighted by Crippen LogP contribution is 2.15. The van der Waals surface area contributed by atoms with E-state index in [1.54, 1.807) is 0 Å². The van der Waals surface area contributed by atoms with Crippen molar-refractivity contribution in [3.8, 4) is 0 Å². The molecule has 0 unspecified atom stereocenters. The Morgan fingerprint density at radius 1 is 0.197 bits per heavy atom. The van der Waals surface area contributed by atoms with Crippen molar-refractivity contribution in [2.75, 3.05) is 98.2 Å². The van der Waals surface area contributed by atoms with Crippen molar-refractivity contribution in [3.63, 3.8) is 0 Å². The molecule has 66 heavy (non-hydrogen) atoms. The molecule has 1 rings (SSSR count). The molecule has 1 aliphatic heterocycles. The summed E-state index contributed by atoms with van der Waals surface area (Å²) in [5.74, 6) is 0. The molecule has 0 radical (unpaired) electrons. The van der Waals surface area contributed by atoms with Crippen LogP contribution in [-0.4, -0.2) is 123 Å². The average molecular weight is 931 g/mol. The Morgan fingerprint density at radius 3 is 0.667 bits per heavy atom. The highest BCUT2D eigenvalue weighted by molar-refractivity contribution is 4.75. The van der Waals surface area contributed by atoms with Gasteiger partial charge in [-0.25, -0.2) is 0 Å². The highest BCUT2D eigenvalue weighted by atomic mass is 15.3. The first-order chi connectivity index (χ1) is 32.7. The highest BCUT2D eigenvalue weighted by Gasteiger charge is 2.18. The van der Waals surface area contributed by atoms with Crippen LogP contribution >= 0.6 is 0 Å². The molecule has 0 aromatic heterocycles. The smallest absolute Gasteiger partial charge is 0.0110 e. The first-order valence-electron chi connectivity index (χ1n) is 31.3. The predicted molar refractivity (Wildman–Crippen MR) is 300 cm³/mol. The van der Waals surface area contributed by atoms with Gasteiger partial charge in [0.15, 0.2) is 0 Å². The minimum atomic E-state index is 1.27. The molecule has 1 heterocycles. The topological polar surface area (TPSA) is 16.2 Å². The quantitative estimate of drug-likeness (QED) is 0.0563. The number of hydrogen-bond acceptors (Lipinski definition) is 5. The molecule has 1 saturated heterocycles. The average Bonchev–Trinajstić information content (AvgIpc) is 3.33. The molecule has 0 bridgehead atoms. The SMILES string of the molecule is CCCCCCCCCCCCN(CCN(CCCCCCCCCC)CCCCCCCCCC)CCN1CCN(CCCN(CCCCCCCCC)CCCCCCCCC)CC1. The van der Waals surface area contributed by atoms with Crippen molar-refractivity contribution >= 4 is 0 Å². The van der Waals surface area contributed by atoms with Gasteiger partial charge in [0, 0.05) is 52.4 Å². The fourth-order valence-corrected chi connectivity index (χ4v) is 10.7. The van der Waals surface area contributed by atoms with Crippen LogP contribution in [0.2, 0.25) is 0 Å². The van der Waals surface area contributed by atoms with Gasteiger partial charge < -0.3 is 19.6 Å². The number of rotatable bonds is 55. The van der Waals surface area contributed by atoms with Gasteiger partial charge in [0.05, 0.1) is 0 Å². The Balaban J connectivity index is 2.65. The second-order valence-electron chi connectivity index (χ2n) is 21.9. The van der Waals surface area contributed by atoms with E-state index in [0.717, 1.165) is 0 Å². The van der Waals surface area contributed by atoms with E-state index in [-0.39, 0.29) is 0 Å². The second-order valence-corrected chi connectivity index (χ2v) is 21.9. The number of unbranched alkanes of at least 4 members (excludes halogenated alkanes) is 35. The molecule has 1 aliphatic rings. The Kier molecular flexibility index (Phi) is 50.9. The third-order valence-electron chi connectivity index (χ3n) is 15.5. The van der Waals surface area contributed by atoms with Crippen LogP contribution in [0.1, 0.15) is 298 Å². The van der Waals surface area contributed by atoms with Gasteiger partial charge in [-0.15, -0.1) is 0 Å². The van der Waals surface area contributed by atoms with Crippen molar-refractivity contribution in [2.45, 2.75) is 298 Å². The molecule has 0 amide bonds. The van der Waals surface area contributed by atoms with E-state index in [1.807, 2.05) is 0 Å². The summed E-state index contributed by atoms with van der Waals surface area (Å²) in [6.07, 6.45) is 58.5. The van der Waals surface area contributed by atoms with E-state index in [9.17, 15) is 0 Å². The number of nitrogens with zero attached hydrogens (tertiary/aromatic N) is 5. The van der Waals surface area contributed by atoms with E-state index >= 15 is 0 Å². The van der Waals surface area contributed by atoms with E-state index in [2.05, 4.69) is 59.1 Å². The van der Waals surface area contributed by atoms with Crippen molar-refractivity contribution in [2.24, 2.45) is 0 Å². The van der Waals surface area contributed by atoms with Gasteiger partial charge in [-0.2, -0.15) is 0 Å². The van der Waals surface area contributed by atoms with Gasteiger partial charge in [0.2, 0.25) is 0 Å². The summed E-state index contributed by atoms with van der Waals surface area (Å²) in [6, 6.07) is 0. The van der Waals surface area contributed by atoms with Crippen LogP contribution in [0.3, 0.4) is 0 Å². The molecule has 396 valence electrons. The standard InChI is InChI=1S/C61H127N5/c1-6-11-16-21-26-29-30-35-40-45-51-64(55-54-63(49-43-38-33-27-22-17-12-7-2)50-44-39-34-28-23-18-13-8-3)56-59-66-60-57-65(58-61-66)53-46-52-62(47-41-36-31-24-19-14-9-4)48-42-37-32-25-20-15-10-5/h6-61H2,1-5H3. The summed E-state index contributed by atoms with van der Waals surface area (Å²) in [5, 5.41) is 0. The van der Waals surface area contributed by atoms with Crippen LogP contribution in [0.5, 0.6) is 0 Å². The van der Waals surface area contributed by atoms with E-state index in [4.69, 9.17) is 0 Å². The number of piperazine rings is 1. The molecule has 0 aromatic rings. The zero-order chi connectivity index (χ0) is 47.5. The summed E-state index contributed by atoms with van der Waals surface area (Å²) in [5.41, 5.74) is 0. The first-order valence-corrected chi connectivity index (χ1v) is 31.3. The van der Waals surface area contributed by atoms with Crippen LogP contribution in [-0.2, 0) is 0 Å². The summed E-state index contributed by atoms with van der Waals surface area (Å²) < 4.78 is 0. The van der Waals surface area contributed by atoms with Gasteiger partial charge >= 0.3 is 0 Å². The molecule has 0 N–H and O–H groups in total. The maximum Gasteiger partial charge on any atom is 0.0110 e. The Morgan fingerprint density at radius 2 is 0.394 bits per heavy atom. The van der Waals surface area contributed by atoms with Crippen LogP contribution in [0, 0.1) is 0 Å². The van der Waals surface area contributed by atoms with Gasteiger partial charge in [0.1, 0.15) is 0 Å².